The molecule has 1 aliphatic heterocycles. The molecule has 0 bridgehead atoms. The van der Waals surface area contributed by atoms with Crippen LogP contribution < -0.4 is 9.80 Å². The van der Waals surface area contributed by atoms with Gasteiger partial charge in [0.1, 0.15) is 0 Å². The summed E-state index contributed by atoms with van der Waals surface area (Å²) in [7, 11) is 1.83. The summed E-state index contributed by atoms with van der Waals surface area (Å²) in [6.45, 7) is 4.10. The number of hydrogen-bond donors (Lipinski definition) is 1. The second-order valence-corrected chi connectivity index (χ2v) is 5.32. The predicted molar refractivity (Wildman–Crippen MR) is 75.9 cm³/mol. The minimum Gasteiger partial charge on any atom is -0.392 e. The highest BCUT2D eigenvalue weighted by atomic mass is 35.5. The molecule has 1 saturated heterocycles. The van der Waals surface area contributed by atoms with Crippen LogP contribution in [0.25, 0.3) is 0 Å². The van der Waals surface area contributed by atoms with E-state index < -0.39 is 6.10 Å². The lowest BCUT2D eigenvalue weighted by molar-refractivity contribution is 0.201. The maximum Gasteiger partial charge on any atom is 0.231 e. The van der Waals surface area contributed by atoms with Crippen LogP contribution in [0.15, 0.2) is 0 Å². The third kappa shape index (κ3) is 3.91. The molecular weight excluding hydrogens is 266 g/mol. The van der Waals surface area contributed by atoms with Gasteiger partial charge in [0, 0.05) is 26.7 Å². The van der Waals surface area contributed by atoms with E-state index in [9.17, 15) is 5.11 Å². The fourth-order valence-corrected chi connectivity index (χ4v) is 2.36. The minimum atomic E-state index is -0.445. The highest BCUT2D eigenvalue weighted by Crippen LogP contribution is 2.19. The lowest BCUT2D eigenvalue weighted by Crippen LogP contribution is -2.33. The highest BCUT2D eigenvalue weighted by molar-refractivity contribution is 6.28. The molecule has 0 aromatic carbocycles. The van der Waals surface area contributed by atoms with Gasteiger partial charge in [-0.3, -0.25) is 0 Å². The van der Waals surface area contributed by atoms with E-state index in [1.807, 2.05) is 7.05 Å². The first-order valence-corrected chi connectivity index (χ1v) is 7.00. The van der Waals surface area contributed by atoms with E-state index in [1.54, 1.807) is 11.8 Å². The summed E-state index contributed by atoms with van der Waals surface area (Å²) in [6.07, 6.45) is 3.12. The van der Waals surface area contributed by atoms with Crippen molar-refractivity contribution < 1.29 is 5.11 Å². The largest absolute Gasteiger partial charge is 0.392 e. The van der Waals surface area contributed by atoms with Crippen LogP contribution in [0.3, 0.4) is 0 Å². The highest BCUT2D eigenvalue weighted by Gasteiger charge is 2.17. The van der Waals surface area contributed by atoms with Crippen LogP contribution in [-0.4, -0.2) is 52.8 Å². The zero-order valence-corrected chi connectivity index (χ0v) is 12.1. The number of piperidine rings is 1. The summed E-state index contributed by atoms with van der Waals surface area (Å²) in [5.41, 5.74) is 0. The number of anilines is 2. The van der Waals surface area contributed by atoms with Crippen LogP contribution in [0.2, 0.25) is 5.28 Å². The first-order chi connectivity index (χ1) is 9.06. The van der Waals surface area contributed by atoms with Crippen LogP contribution in [0, 0.1) is 0 Å². The SMILES string of the molecule is CC(O)CN(C)c1nc(Cl)nc(N2CCCCC2)n1. The molecule has 1 unspecified atom stereocenters. The molecule has 0 radical (unpaired) electrons. The second kappa shape index (κ2) is 6.34. The molecule has 19 heavy (non-hydrogen) atoms. The van der Waals surface area contributed by atoms with Gasteiger partial charge in [-0.1, -0.05) is 0 Å². The summed E-state index contributed by atoms with van der Waals surface area (Å²) in [6, 6.07) is 0. The molecule has 7 heteroatoms. The van der Waals surface area contributed by atoms with Crippen molar-refractivity contribution in [2.24, 2.45) is 0 Å². The fraction of sp³-hybridized carbons (Fsp3) is 0.750. The fourth-order valence-electron chi connectivity index (χ4n) is 2.21. The van der Waals surface area contributed by atoms with Gasteiger partial charge < -0.3 is 14.9 Å². The lowest BCUT2D eigenvalue weighted by atomic mass is 10.1. The first kappa shape index (κ1) is 14.3. The van der Waals surface area contributed by atoms with Crippen molar-refractivity contribution in [3.05, 3.63) is 5.28 Å². The van der Waals surface area contributed by atoms with E-state index >= 15 is 0 Å². The summed E-state index contributed by atoms with van der Waals surface area (Å²) in [5, 5.41) is 9.61. The molecule has 0 spiro atoms. The van der Waals surface area contributed by atoms with E-state index in [1.165, 1.54) is 6.42 Å². The number of aliphatic hydroxyl groups is 1. The Morgan fingerprint density at radius 2 is 1.95 bits per heavy atom. The third-order valence-electron chi connectivity index (χ3n) is 3.10. The maximum absolute atomic E-state index is 9.42. The molecule has 1 atom stereocenters. The Morgan fingerprint density at radius 1 is 1.26 bits per heavy atom. The number of hydrogen-bond acceptors (Lipinski definition) is 6. The van der Waals surface area contributed by atoms with Gasteiger partial charge in [0.25, 0.3) is 0 Å². The standard InChI is InChI=1S/C12H20ClN5O/c1-9(19)8-17(2)11-14-10(13)15-12(16-11)18-6-4-3-5-7-18/h9,19H,3-8H2,1-2H3. The van der Waals surface area contributed by atoms with Gasteiger partial charge in [-0.2, -0.15) is 15.0 Å². The molecule has 1 aromatic rings. The molecule has 0 aliphatic carbocycles. The zero-order valence-electron chi connectivity index (χ0n) is 11.4. The van der Waals surface area contributed by atoms with Gasteiger partial charge in [0.2, 0.25) is 17.2 Å². The van der Waals surface area contributed by atoms with Gasteiger partial charge in [-0.25, -0.2) is 0 Å². The van der Waals surface area contributed by atoms with E-state index in [4.69, 9.17) is 11.6 Å². The van der Waals surface area contributed by atoms with Gasteiger partial charge in [0.05, 0.1) is 6.10 Å². The Hall–Kier alpha value is -1.14. The van der Waals surface area contributed by atoms with Crippen molar-refractivity contribution in [3.8, 4) is 0 Å². The molecule has 0 amide bonds. The summed E-state index contributed by atoms with van der Waals surface area (Å²) in [4.78, 5) is 16.7. The Labute approximate surface area is 118 Å². The average molecular weight is 286 g/mol. The van der Waals surface area contributed by atoms with Crippen molar-refractivity contribution in [2.45, 2.75) is 32.3 Å². The average Bonchev–Trinajstić information content (AvgIpc) is 2.38. The predicted octanol–water partition coefficient (Wildman–Crippen LogP) is 1.33. The molecule has 2 rings (SSSR count). The molecule has 1 aliphatic rings. The zero-order chi connectivity index (χ0) is 13.8. The smallest absolute Gasteiger partial charge is 0.231 e. The van der Waals surface area contributed by atoms with E-state index in [0.29, 0.717) is 18.4 Å². The van der Waals surface area contributed by atoms with E-state index in [2.05, 4.69) is 19.9 Å². The van der Waals surface area contributed by atoms with Crippen LogP contribution >= 0.6 is 11.6 Å². The normalized spacial score (nSPS) is 17.4. The van der Waals surface area contributed by atoms with Gasteiger partial charge in [0.15, 0.2) is 0 Å². The van der Waals surface area contributed by atoms with E-state index in [0.717, 1.165) is 25.9 Å². The Morgan fingerprint density at radius 3 is 2.58 bits per heavy atom. The summed E-state index contributed by atoms with van der Waals surface area (Å²) < 4.78 is 0. The lowest BCUT2D eigenvalue weighted by Gasteiger charge is -2.27. The third-order valence-corrected chi connectivity index (χ3v) is 3.27. The molecule has 1 fully saturated rings. The summed E-state index contributed by atoms with van der Waals surface area (Å²) in [5.74, 6) is 1.13. The number of nitrogens with zero attached hydrogens (tertiary/aromatic N) is 5. The first-order valence-electron chi connectivity index (χ1n) is 6.62. The van der Waals surface area contributed by atoms with E-state index in [-0.39, 0.29) is 5.28 Å². The molecule has 6 nitrogen and oxygen atoms in total. The molecule has 1 aromatic heterocycles. The molecule has 2 heterocycles. The molecule has 0 saturated carbocycles. The van der Waals surface area contributed by atoms with Gasteiger partial charge in [-0.15, -0.1) is 0 Å². The number of halogens is 1. The monoisotopic (exact) mass is 285 g/mol. The number of likely N-dealkylation sites (N-methyl/N-ethyl adjacent to an activating group) is 1. The van der Waals surface area contributed by atoms with Crippen LogP contribution in [0.1, 0.15) is 26.2 Å². The van der Waals surface area contributed by atoms with Crippen molar-refractivity contribution in [1.82, 2.24) is 15.0 Å². The van der Waals surface area contributed by atoms with Crippen molar-refractivity contribution in [1.29, 1.82) is 0 Å². The number of aliphatic hydroxyl groups excluding tert-OH is 1. The minimum absolute atomic E-state index is 0.197. The van der Waals surface area contributed by atoms with Crippen molar-refractivity contribution in [3.63, 3.8) is 0 Å². The van der Waals surface area contributed by atoms with Gasteiger partial charge >= 0.3 is 0 Å². The van der Waals surface area contributed by atoms with Crippen LogP contribution in [0.4, 0.5) is 11.9 Å². The topological polar surface area (TPSA) is 65.4 Å². The Kier molecular flexibility index (Phi) is 4.76. The second-order valence-electron chi connectivity index (χ2n) is 4.98. The van der Waals surface area contributed by atoms with Crippen LogP contribution in [0.5, 0.6) is 0 Å². The molecule has 106 valence electrons. The summed E-state index contributed by atoms with van der Waals surface area (Å²) >= 11 is 5.97. The molecule has 1 N–H and O–H groups in total. The van der Waals surface area contributed by atoms with Crippen LogP contribution in [-0.2, 0) is 0 Å². The number of aromatic nitrogens is 3. The maximum atomic E-state index is 9.42. The van der Waals surface area contributed by atoms with Crippen molar-refractivity contribution in [2.75, 3.05) is 36.5 Å². The Bertz CT molecular complexity index is 423. The van der Waals surface area contributed by atoms with Gasteiger partial charge in [-0.05, 0) is 37.8 Å². The molecular formula is C12H20ClN5O. The number of rotatable bonds is 4. The quantitative estimate of drug-likeness (QED) is 0.900. The van der Waals surface area contributed by atoms with Crippen molar-refractivity contribution >= 4 is 23.5 Å². The Balaban J connectivity index is 2.18.